The lowest BCUT2D eigenvalue weighted by Crippen LogP contribution is -2.41. The largest absolute Gasteiger partial charge is 0.339 e. The number of thioether (sulfide) groups is 1. The fourth-order valence-electron chi connectivity index (χ4n) is 3.26. The molecule has 1 saturated heterocycles. The third kappa shape index (κ3) is 4.92. The Morgan fingerprint density at radius 3 is 2.54 bits per heavy atom. The molecular weight excluding hydrogens is 394 g/mol. The van der Waals surface area contributed by atoms with Crippen molar-refractivity contribution in [3.05, 3.63) is 53.7 Å². The van der Waals surface area contributed by atoms with Crippen molar-refractivity contribution in [2.24, 2.45) is 5.92 Å². The summed E-state index contributed by atoms with van der Waals surface area (Å²) in [6, 6.07) is 10.4. The van der Waals surface area contributed by atoms with Gasteiger partial charge in [0.1, 0.15) is 5.03 Å². The van der Waals surface area contributed by atoms with E-state index >= 15 is 0 Å². The van der Waals surface area contributed by atoms with Gasteiger partial charge in [0.15, 0.2) is 0 Å². The number of hydrogen-bond donors (Lipinski definition) is 1. The number of nitrogens with zero attached hydrogens (tertiary/aromatic N) is 2. The number of carbonyl (C=O) groups is 1. The highest BCUT2D eigenvalue weighted by atomic mass is 32.2. The molecule has 3 rings (SSSR count). The van der Waals surface area contributed by atoms with Crippen LogP contribution in [0.1, 0.15) is 28.8 Å². The molecule has 6 nitrogen and oxygen atoms in total. The minimum Gasteiger partial charge on any atom is -0.339 e. The number of likely N-dealkylation sites (tertiary alicyclic amines) is 1. The number of amides is 1. The number of aromatic nitrogens is 1. The number of pyridine rings is 1. The molecule has 0 aliphatic carbocycles. The molecule has 1 aliphatic heterocycles. The first-order valence-corrected chi connectivity index (χ1v) is 12.0. The lowest BCUT2D eigenvalue weighted by atomic mass is 9.97. The highest BCUT2D eigenvalue weighted by Crippen LogP contribution is 2.23. The molecule has 0 bridgehead atoms. The number of carbonyl (C=O) groups excluding carboxylic acids is 1. The molecule has 8 heteroatoms. The second-order valence-corrected chi connectivity index (χ2v) is 9.52. The Morgan fingerprint density at radius 1 is 1.21 bits per heavy atom. The van der Waals surface area contributed by atoms with Crippen molar-refractivity contribution in [2.75, 3.05) is 25.9 Å². The van der Waals surface area contributed by atoms with Gasteiger partial charge in [-0.05, 0) is 56.2 Å². The molecule has 1 aliphatic rings. The molecular formula is C20H25N3O3S2. The van der Waals surface area contributed by atoms with Crippen LogP contribution < -0.4 is 4.72 Å². The Bertz CT molecular complexity index is 922. The minimum atomic E-state index is -3.50. The second kappa shape index (κ2) is 9.07. The van der Waals surface area contributed by atoms with Gasteiger partial charge in [-0.15, -0.1) is 11.8 Å². The van der Waals surface area contributed by atoms with E-state index in [1.54, 1.807) is 36.5 Å². The van der Waals surface area contributed by atoms with Crippen LogP contribution in [0.3, 0.4) is 0 Å². The lowest BCUT2D eigenvalue weighted by Gasteiger charge is -2.32. The molecule has 0 radical (unpaired) electrons. The van der Waals surface area contributed by atoms with E-state index in [0.29, 0.717) is 25.2 Å². The molecule has 150 valence electrons. The van der Waals surface area contributed by atoms with Crippen LogP contribution in [0.5, 0.6) is 0 Å². The van der Waals surface area contributed by atoms with Gasteiger partial charge in [0.2, 0.25) is 10.0 Å². The first-order chi connectivity index (χ1) is 13.4. The van der Waals surface area contributed by atoms with Crippen molar-refractivity contribution in [2.45, 2.75) is 29.7 Å². The van der Waals surface area contributed by atoms with Crippen LogP contribution in [0.25, 0.3) is 0 Å². The highest BCUT2D eigenvalue weighted by Gasteiger charge is 2.26. The molecule has 2 aromatic rings. The van der Waals surface area contributed by atoms with Crippen molar-refractivity contribution in [1.82, 2.24) is 14.6 Å². The molecule has 1 aromatic heterocycles. The smallest absolute Gasteiger partial charge is 0.256 e. The first kappa shape index (κ1) is 20.8. The van der Waals surface area contributed by atoms with Gasteiger partial charge in [-0.1, -0.05) is 17.7 Å². The third-order valence-electron chi connectivity index (χ3n) is 4.99. The van der Waals surface area contributed by atoms with E-state index in [2.05, 4.69) is 9.71 Å². The topological polar surface area (TPSA) is 79.4 Å². The predicted molar refractivity (Wildman–Crippen MR) is 111 cm³/mol. The summed E-state index contributed by atoms with van der Waals surface area (Å²) >= 11 is 1.46. The predicted octanol–water partition coefficient (Wildman–Crippen LogP) is 2.94. The molecule has 28 heavy (non-hydrogen) atoms. The second-order valence-electron chi connectivity index (χ2n) is 6.96. The van der Waals surface area contributed by atoms with Crippen LogP contribution in [0.15, 0.2) is 52.5 Å². The average molecular weight is 420 g/mol. The first-order valence-electron chi connectivity index (χ1n) is 9.25. The van der Waals surface area contributed by atoms with Crippen molar-refractivity contribution in [1.29, 1.82) is 0 Å². The van der Waals surface area contributed by atoms with Crippen LogP contribution in [0.4, 0.5) is 0 Å². The van der Waals surface area contributed by atoms with Crippen molar-refractivity contribution >= 4 is 27.7 Å². The zero-order valence-corrected chi connectivity index (χ0v) is 17.7. The maximum absolute atomic E-state index is 12.8. The van der Waals surface area contributed by atoms with E-state index in [4.69, 9.17) is 0 Å². The van der Waals surface area contributed by atoms with Gasteiger partial charge in [-0.25, -0.2) is 18.1 Å². The van der Waals surface area contributed by atoms with Crippen LogP contribution in [-0.4, -0.2) is 50.1 Å². The number of aryl methyl sites for hydroxylation is 1. The van der Waals surface area contributed by atoms with Gasteiger partial charge < -0.3 is 4.90 Å². The summed E-state index contributed by atoms with van der Waals surface area (Å²) in [7, 11) is -3.50. The lowest BCUT2D eigenvalue weighted by molar-refractivity contribution is 0.0687. The molecule has 0 unspecified atom stereocenters. The van der Waals surface area contributed by atoms with Gasteiger partial charge in [0.05, 0.1) is 10.5 Å². The number of rotatable bonds is 6. The van der Waals surface area contributed by atoms with E-state index in [9.17, 15) is 13.2 Å². The van der Waals surface area contributed by atoms with Gasteiger partial charge in [-0.3, -0.25) is 4.79 Å². The summed E-state index contributed by atoms with van der Waals surface area (Å²) in [4.78, 5) is 19.2. The number of sulfonamides is 1. The van der Waals surface area contributed by atoms with Gasteiger partial charge in [-0.2, -0.15) is 0 Å². The third-order valence-corrected chi connectivity index (χ3v) is 7.14. The summed E-state index contributed by atoms with van der Waals surface area (Å²) in [5.74, 6) is 0.217. The molecule has 0 spiro atoms. The van der Waals surface area contributed by atoms with E-state index in [0.717, 1.165) is 23.4 Å². The number of benzene rings is 1. The quantitative estimate of drug-likeness (QED) is 0.729. The fourth-order valence-corrected chi connectivity index (χ4v) is 4.91. The fraction of sp³-hybridized carbons (Fsp3) is 0.400. The summed E-state index contributed by atoms with van der Waals surface area (Å²) in [6.45, 7) is 3.56. The van der Waals surface area contributed by atoms with E-state index < -0.39 is 10.0 Å². The van der Waals surface area contributed by atoms with Gasteiger partial charge in [0, 0.05) is 25.8 Å². The van der Waals surface area contributed by atoms with Gasteiger partial charge >= 0.3 is 0 Å². The maximum Gasteiger partial charge on any atom is 0.256 e. The Labute approximate surface area is 170 Å². The standard InChI is InChI=1S/C20H25N3O3S2/c1-15-5-7-17(8-6-15)28(25,26)22-14-16-9-12-23(13-10-16)20(24)18-4-3-11-21-19(18)27-2/h3-8,11,16,22H,9-10,12-14H2,1-2H3. The normalized spacial score (nSPS) is 15.6. The zero-order valence-electron chi connectivity index (χ0n) is 16.1. The summed E-state index contributed by atoms with van der Waals surface area (Å²) in [6.07, 6.45) is 5.15. The summed E-state index contributed by atoms with van der Waals surface area (Å²) in [5.41, 5.74) is 1.66. The van der Waals surface area contributed by atoms with Gasteiger partial charge in [0.25, 0.3) is 5.91 Å². The number of piperidine rings is 1. The maximum atomic E-state index is 12.8. The summed E-state index contributed by atoms with van der Waals surface area (Å²) in [5, 5.41) is 0.737. The zero-order chi connectivity index (χ0) is 20.1. The van der Waals surface area contributed by atoms with E-state index in [-0.39, 0.29) is 16.7 Å². The Kier molecular flexibility index (Phi) is 6.74. The van der Waals surface area contributed by atoms with Crippen LogP contribution in [0.2, 0.25) is 0 Å². The van der Waals surface area contributed by atoms with E-state index in [1.165, 1.54) is 11.8 Å². The molecule has 1 fully saturated rings. The summed E-state index contributed by atoms with van der Waals surface area (Å²) < 4.78 is 27.6. The average Bonchev–Trinajstić information content (AvgIpc) is 2.72. The molecule has 1 N–H and O–H groups in total. The minimum absolute atomic E-state index is 0.00358. The van der Waals surface area contributed by atoms with Crippen molar-refractivity contribution < 1.29 is 13.2 Å². The van der Waals surface area contributed by atoms with Crippen LogP contribution in [-0.2, 0) is 10.0 Å². The van der Waals surface area contributed by atoms with Crippen molar-refractivity contribution in [3.63, 3.8) is 0 Å². The number of hydrogen-bond acceptors (Lipinski definition) is 5. The molecule has 2 heterocycles. The monoisotopic (exact) mass is 419 g/mol. The van der Waals surface area contributed by atoms with Crippen molar-refractivity contribution in [3.8, 4) is 0 Å². The molecule has 0 atom stereocenters. The Balaban J connectivity index is 1.54. The molecule has 0 saturated carbocycles. The number of nitrogens with one attached hydrogen (secondary N) is 1. The van der Waals surface area contributed by atoms with E-state index in [1.807, 2.05) is 24.1 Å². The van der Waals surface area contributed by atoms with Crippen LogP contribution >= 0.6 is 11.8 Å². The molecule has 1 aromatic carbocycles. The molecule has 1 amide bonds. The highest BCUT2D eigenvalue weighted by molar-refractivity contribution is 7.98. The Morgan fingerprint density at radius 2 is 1.89 bits per heavy atom. The SMILES string of the molecule is CSc1ncccc1C(=O)N1CCC(CNS(=O)(=O)c2ccc(C)cc2)CC1. The Hall–Kier alpha value is -1.90. The van der Waals surface area contributed by atoms with Crippen LogP contribution in [0, 0.1) is 12.8 Å².